The lowest BCUT2D eigenvalue weighted by Crippen LogP contribution is -2.18. The fraction of sp³-hybridized carbons (Fsp3) is 0.130. The average Bonchev–Trinajstić information content (AvgIpc) is 2.73. The number of amides is 1. The van der Waals surface area contributed by atoms with E-state index in [0.29, 0.717) is 34.6 Å². The molecule has 3 aromatic rings. The minimum Gasteiger partial charge on any atom is -0.492 e. The second-order valence-electron chi connectivity index (χ2n) is 6.31. The van der Waals surface area contributed by atoms with Crippen LogP contribution >= 0.6 is 23.2 Å². The molecular weight excluding hydrogens is 423 g/mol. The van der Waals surface area contributed by atoms with Gasteiger partial charge in [0.05, 0.1) is 17.8 Å². The van der Waals surface area contributed by atoms with Crippen LogP contribution < -0.4 is 14.9 Å². The predicted octanol–water partition coefficient (Wildman–Crippen LogP) is 6.10. The van der Waals surface area contributed by atoms with Crippen molar-refractivity contribution in [2.24, 2.45) is 5.10 Å². The molecule has 0 aromatic heterocycles. The first-order valence-electron chi connectivity index (χ1n) is 9.33. The zero-order chi connectivity index (χ0) is 21.2. The third-order valence-corrected chi connectivity index (χ3v) is 4.47. The first-order valence-corrected chi connectivity index (χ1v) is 10.1. The summed E-state index contributed by atoms with van der Waals surface area (Å²) < 4.78 is 11.3. The number of hydrogen-bond donors (Lipinski definition) is 1. The lowest BCUT2D eigenvalue weighted by atomic mass is 10.2. The van der Waals surface area contributed by atoms with E-state index in [1.807, 2.05) is 54.6 Å². The molecule has 30 heavy (non-hydrogen) atoms. The van der Waals surface area contributed by atoms with Crippen molar-refractivity contribution in [3.05, 3.63) is 88.4 Å². The Balaban J connectivity index is 1.40. The smallest absolute Gasteiger partial charge is 0.240 e. The van der Waals surface area contributed by atoms with Gasteiger partial charge in [0.15, 0.2) is 0 Å². The Morgan fingerprint density at radius 3 is 2.57 bits per heavy atom. The molecular formula is C23H20Cl2N2O3. The maximum Gasteiger partial charge on any atom is 0.240 e. The van der Waals surface area contributed by atoms with Crippen molar-refractivity contribution in [2.75, 3.05) is 6.61 Å². The first-order chi connectivity index (χ1) is 14.6. The molecule has 1 N–H and O–H groups in total. The molecule has 0 fully saturated rings. The van der Waals surface area contributed by atoms with Gasteiger partial charge in [0.1, 0.15) is 17.2 Å². The van der Waals surface area contributed by atoms with Gasteiger partial charge in [0.25, 0.3) is 0 Å². The molecule has 0 aliphatic rings. The van der Waals surface area contributed by atoms with Crippen molar-refractivity contribution in [2.45, 2.75) is 12.8 Å². The van der Waals surface area contributed by atoms with Crippen LogP contribution in [0.2, 0.25) is 10.0 Å². The number of nitrogens with one attached hydrogen (secondary N) is 1. The van der Waals surface area contributed by atoms with Crippen LogP contribution in [0.5, 0.6) is 17.2 Å². The lowest BCUT2D eigenvalue weighted by Gasteiger charge is -2.07. The van der Waals surface area contributed by atoms with Gasteiger partial charge in [-0.2, -0.15) is 5.10 Å². The summed E-state index contributed by atoms with van der Waals surface area (Å²) in [6.45, 7) is 0.358. The summed E-state index contributed by atoms with van der Waals surface area (Å²) in [5.41, 5.74) is 3.32. The minimum absolute atomic E-state index is 0.200. The second-order valence-corrected chi connectivity index (χ2v) is 7.15. The second kappa shape index (κ2) is 11.2. The first kappa shape index (κ1) is 21.7. The van der Waals surface area contributed by atoms with Crippen LogP contribution in [0, 0.1) is 0 Å². The molecule has 5 nitrogen and oxygen atoms in total. The Labute approximate surface area is 185 Å². The van der Waals surface area contributed by atoms with E-state index in [2.05, 4.69) is 10.5 Å². The maximum atomic E-state index is 11.9. The van der Waals surface area contributed by atoms with Crippen molar-refractivity contribution in [1.82, 2.24) is 5.43 Å². The van der Waals surface area contributed by atoms with Gasteiger partial charge in [-0.05, 0) is 54.4 Å². The Morgan fingerprint density at radius 2 is 1.77 bits per heavy atom. The number of carbonyl (C=O) groups excluding carboxylic acids is 1. The Bertz CT molecular complexity index is 1010. The predicted molar refractivity (Wildman–Crippen MR) is 120 cm³/mol. The van der Waals surface area contributed by atoms with Crippen LogP contribution in [0.15, 0.2) is 77.9 Å². The molecule has 1 amide bonds. The van der Waals surface area contributed by atoms with Gasteiger partial charge in [0.2, 0.25) is 5.91 Å². The lowest BCUT2D eigenvalue weighted by molar-refractivity contribution is -0.121. The van der Waals surface area contributed by atoms with E-state index in [4.69, 9.17) is 32.7 Å². The van der Waals surface area contributed by atoms with Crippen LogP contribution in [0.4, 0.5) is 0 Å². The summed E-state index contributed by atoms with van der Waals surface area (Å²) in [5.74, 6) is 1.78. The third-order valence-electron chi connectivity index (χ3n) is 3.94. The Kier molecular flexibility index (Phi) is 8.12. The van der Waals surface area contributed by atoms with Crippen molar-refractivity contribution < 1.29 is 14.3 Å². The SMILES string of the molecule is O=C(CCCOc1ccc(Cl)cc1Cl)N/N=C/c1cccc(Oc2ccccc2)c1. The van der Waals surface area contributed by atoms with Gasteiger partial charge >= 0.3 is 0 Å². The van der Waals surface area contributed by atoms with Gasteiger partial charge in [-0.25, -0.2) is 5.43 Å². The molecule has 0 aliphatic carbocycles. The zero-order valence-corrected chi connectivity index (χ0v) is 17.6. The van der Waals surface area contributed by atoms with Gasteiger partial charge in [0, 0.05) is 11.4 Å². The fourth-order valence-corrected chi connectivity index (χ4v) is 2.99. The topological polar surface area (TPSA) is 59.9 Å². The summed E-state index contributed by atoms with van der Waals surface area (Å²) in [6.07, 6.45) is 2.38. The van der Waals surface area contributed by atoms with E-state index in [9.17, 15) is 4.79 Å². The quantitative estimate of drug-likeness (QED) is 0.247. The van der Waals surface area contributed by atoms with E-state index in [0.717, 1.165) is 11.3 Å². The van der Waals surface area contributed by atoms with Gasteiger partial charge in [-0.15, -0.1) is 0 Å². The number of carbonyl (C=O) groups is 1. The number of halogens is 2. The van der Waals surface area contributed by atoms with Crippen molar-refractivity contribution in [3.63, 3.8) is 0 Å². The molecule has 0 bridgehead atoms. The molecule has 0 saturated heterocycles. The monoisotopic (exact) mass is 442 g/mol. The summed E-state index contributed by atoms with van der Waals surface area (Å²) in [4.78, 5) is 11.9. The Morgan fingerprint density at radius 1 is 0.967 bits per heavy atom. The normalized spacial score (nSPS) is 10.7. The highest BCUT2D eigenvalue weighted by Gasteiger charge is 2.04. The van der Waals surface area contributed by atoms with E-state index in [1.165, 1.54) is 0 Å². The van der Waals surface area contributed by atoms with Crippen molar-refractivity contribution in [1.29, 1.82) is 0 Å². The molecule has 0 spiro atoms. The molecule has 7 heteroatoms. The molecule has 3 aromatic carbocycles. The highest BCUT2D eigenvalue weighted by atomic mass is 35.5. The summed E-state index contributed by atoms with van der Waals surface area (Å²) in [7, 11) is 0. The van der Waals surface area contributed by atoms with Crippen LogP contribution in [0.1, 0.15) is 18.4 Å². The third kappa shape index (κ3) is 7.10. The van der Waals surface area contributed by atoms with Crippen LogP contribution in [-0.2, 0) is 4.79 Å². The molecule has 0 radical (unpaired) electrons. The summed E-state index contributed by atoms with van der Waals surface area (Å²) in [6, 6.07) is 21.9. The molecule has 0 heterocycles. The maximum absolute atomic E-state index is 11.9. The highest BCUT2D eigenvalue weighted by molar-refractivity contribution is 6.35. The molecule has 154 valence electrons. The number of hydrogen-bond acceptors (Lipinski definition) is 4. The fourth-order valence-electron chi connectivity index (χ4n) is 2.52. The summed E-state index contributed by atoms with van der Waals surface area (Å²) >= 11 is 11.9. The van der Waals surface area contributed by atoms with Crippen LogP contribution in [-0.4, -0.2) is 18.7 Å². The Hall–Kier alpha value is -3.02. The molecule has 3 rings (SSSR count). The number of rotatable bonds is 9. The van der Waals surface area contributed by atoms with E-state index >= 15 is 0 Å². The number of benzene rings is 3. The van der Waals surface area contributed by atoms with Crippen LogP contribution in [0.25, 0.3) is 0 Å². The minimum atomic E-state index is -0.200. The standard InChI is InChI=1S/C23H20Cl2N2O3/c24-18-11-12-22(21(25)15-18)29-13-5-10-23(28)27-26-16-17-6-4-9-20(14-17)30-19-7-2-1-3-8-19/h1-4,6-9,11-12,14-16H,5,10,13H2,(H,27,28)/b26-16+. The molecule has 0 saturated carbocycles. The molecule has 0 atom stereocenters. The van der Waals surface area contributed by atoms with Gasteiger partial charge in [-0.3, -0.25) is 4.79 Å². The van der Waals surface area contributed by atoms with E-state index in [-0.39, 0.29) is 12.3 Å². The number of hydrazone groups is 1. The number of para-hydroxylation sites is 1. The average molecular weight is 443 g/mol. The van der Waals surface area contributed by atoms with Crippen molar-refractivity contribution >= 4 is 35.3 Å². The van der Waals surface area contributed by atoms with E-state index in [1.54, 1.807) is 24.4 Å². The zero-order valence-electron chi connectivity index (χ0n) is 16.1. The van der Waals surface area contributed by atoms with E-state index < -0.39 is 0 Å². The molecule has 0 unspecified atom stereocenters. The summed E-state index contributed by atoms with van der Waals surface area (Å²) in [5, 5.41) is 4.98. The van der Waals surface area contributed by atoms with Gasteiger partial charge < -0.3 is 9.47 Å². The number of ether oxygens (including phenoxy) is 2. The highest BCUT2D eigenvalue weighted by Crippen LogP contribution is 2.27. The molecule has 0 aliphatic heterocycles. The largest absolute Gasteiger partial charge is 0.492 e. The van der Waals surface area contributed by atoms with Gasteiger partial charge in [-0.1, -0.05) is 53.5 Å². The van der Waals surface area contributed by atoms with Crippen molar-refractivity contribution in [3.8, 4) is 17.2 Å². The van der Waals surface area contributed by atoms with Crippen LogP contribution in [0.3, 0.4) is 0 Å². The number of nitrogens with zero attached hydrogens (tertiary/aromatic N) is 1.